The van der Waals surface area contributed by atoms with Gasteiger partial charge in [-0.15, -0.1) is 0 Å². The van der Waals surface area contributed by atoms with Gasteiger partial charge in [-0.2, -0.15) is 0 Å². The number of nitrogens with one attached hydrogen (secondary N) is 1. The lowest BCUT2D eigenvalue weighted by molar-refractivity contribution is 0.196. The Hall–Kier alpha value is -0.0800. The predicted octanol–water partition coefficient (Wildman–Crippen LogP) is 3.03. The summed E-state index contributed by atoms with van der Waals surface area (Å²) >= 11 is 0. The van der Waals surface area contributed by atoms with Crippen molar-refractivity contribution in [2.24, 2.45) is 0 Å². The van der Waals surface area contributed by atoms with Crippen LogP contribution in [-0.4, -0.2) is 36.1 Å². The van der Waals surface area contributed by atoms with Crippen molar-refractivity contribution < 1.29 is 0 Å². The molecule has 1 aliphatic heterocycles. The van der Waals surface area contributed by atoms with Crippen LogP contribution in [0.3, 0.4) is 0 Å². The van der Waals surface area contributed by atoms with E-state index in [2.05, 4.69) is 37.9 Å². The molecule has 0 amide bonds. The minimum absolute atomic E-state index is 0.349. The van der Waals surface area contributed by atoms with Crippen molar-refractivity contribution in [1.82, 2.24) is 10.2 Å². The van der Waals surface area contributed by atoms with E-state index in [1.807, 2.05) is 0 Å². The molecule has 0 saturated carbocycles. The van der Waals surface area contributed by atoms with Gasteiger partial charge in [-0.3, -0.25) is 4.90 Å². The molecular formula is C14H30N2. The molecule has 1 atom stereocenters. The monoisotopic (exact) mass is 226 g/mol. The van der Waals surface area contributed by atoms with E-state index in [0.717, 1.165) is 6.04 Å². The molecule has 1 saturated heterocycles. The van der Waals surface area contributed by atoms with Gasteiger partial charge in [0.05, 0.1) is 0 Å². The Morgan fingerprint density at radius 1 is 1.12 bits per heavy atom. The fourth-order valence-corrected chi connectivity index (χ4v) is 2.59. The smallest absolute Gasteiger partial charge is 0.0238 e. The number of rotatable bonds is 7. The number of unbranched alkanes of at least 4 members (excludes halogenated alkanes) is 2. The maximum absolute atomic E-state index is 3.64. The maximum Gasteiger partial charge on any atom is 0.0238 e. The first-order chi connectivity index (χ1) is 7.59. The van der Waals surface area contributed by atoms with Crippen molar-refractivity contribution in [3.63, 3.8) is 0 Å². The first-order valence-corrected chi connectivity index (χ1v) is 7.08. The molecule has 1 N–H and O–H groups in total. The van der Waals surface area contributed by atoms with Crippen molar-refractivity contribution in [3.8, 4) is 0 Å². The summed E-state index contributed by atoms with van der Waals surface area (Å²) in [5.74, 6) is 0. The summed E-state index contributed by atoms with van der Waals surface area (Å²) in [7, 11) is 0. The normalized spacial score (nSPS) is 24.2. The summed E-state index contributed by atoms with van der Waals surface area (Å²) in [5.41, 5.74) is 0.349. The van der Waals surface area contributed by atoms with Crippen LogP contribution >= 0.6 is 0 Å². The van der Waals surface area contributed by atoms with Gasteiger partial charge in [0.15, 0.2) is 0 Å². The molecule has 1 heterocycles. The average Bonchev–Trinajstić information content (AvgIpc) is 2.59. The van der Waals surface area contributed by atoms with Gasteiger partial charge in [-0.25, -0.2) is 0 Å². The highest BCUT2D eigenvalue weighted by Gasteiger charge is 2.33. The molecule has 0 aromatic carbocycles. The highest BCUT2D eigenvalue weighted by atomic mass is 15.2. The van der Waals surface area contributed by atoms with Gasteiger partial charge in [-0.05, 0) is 46.2 Å². The number of hydrogen-bond acceptors (Lipinski definition) is 2. The minimum Gasteiger partial charge on any atom is -0.310 e. The second-order valence-electron chi connectivity index (χ2n) is 5.87. The van der Waals surface area contributed by atoms with Crippen molar-refractivity contribution in [2.75, 3.05) is 19.6 Å². The zero-order valence-corrected chi connectivity index (χ0v) is 11.7. The molecule has 1 aliphatic rings. The lowest BCUT2D eigenvalue weighted by Gasteiger charge is -2.29. The Kier molecular flexibility index (Phi) is 5.77. The van der Waals surface area contributed by atoms with Gasteiger partial charge < -0.3 is 5.32 Å². The molecule has 2 heteroatoms. The van der Waals surface area contributed by atoms with Crippen molar-refractivity contribution in [1.29, 1.82) is 0 Å². The van der Waals surface area contributed by atoms with Crippen LogP contribution in [0.25, 0.3) is 0 Å². The molecule has 0 radical (unpaired) electrons. The zero-order valence-electron chi connectivity index (χ0n) is 11.7. The Bertz CT molecular complexity index is 181. The second kappa shape index (κ2) is 6.61. The molecule has 0 aromatic rings. The molecule has 1 fully saturated rings. The molecule has 0 spiro atoms. The molecule has 2 nitrogen and oxygen atoms in total. The van der Waals surface area contributed by atoms with Crippen LogP contribution in [-0.2, 0) is 0 Å². The molecule has 0 aliphatic carbocycles. The first kappa shape index (κ1) is 14.0. The van der Waals surface area contributed by atoms with Crippen LogP contribution in [0.2, 0.25) is 0 Å². The van der Waals surface area contributed by atoms with Gasteiger partial charge in [0.2, 0.25) is 0 Å². The van der Waals surface area contributed by atoms with E-state index < -0.39 is 0 Å². The largest absolute Gasteiger partial charge is 0.310 e. The molecule has 0 aromatic heterocycles. The molecule has 0 bridgehead atoms. The minimum atomic E-state index is 0.349. The molecule has 96 valence electrons. The van der Waals surface area contributed by atoms with Crippen LogP contribution < -0.4 is 5.32 Å². The van der Waals surface area contributed by atoms with Crippen LogP contribution in [0.1, 0.15) is 59.8 Å². The van der Waals surface area contributed by atoms with E-state index in [4.69, 9.17) is 0 Å². The summed E-state index contributed by atoms with van der Waals surface area (Å²) in [4.78, 5) is 2.72. The Balaban J connectivity index is 2.41. The van der Waals surface area contributed by atoms with Crippen LogP contribution in [0.5, 0.6) is 0 Å². The quantitative estimate of drug-likeness (QED) is 0.718. The Morgan fingerprint density at radius 3 is 2.06 bits per heavy atom. The SMILES string of the molecule is CCCCN(CCCC)C1CNC(C)(C)C1. The van der Waals surface area contributed by atoms with E-state index in [1.54, 1.807) is 0 Å². The Morgan fingerprint density at radius 2 is 1.69 bits per heavy atom. The van der Waals surface area contributed by atoms with E-state index >= 15 is 0 Å². The van der Waals surface area contributed by atoms with Gasteiger partial charge in [0.1, 0.15) is 0 Å². The summed E-state index contributed by atoms with van der Waals surface area (Å²) in [5, 5.41) is 3.64. The van der Waals surface area contributed by atoms with Crippen LogP contribution in [0.15, 0.2) is 0 Å². The molecule has 16 heavy (non-hydrogen) atoms. The second-order valence-corrected chi connectivity index (χ2v) is 5.87. The lowest BCUT2D eigenvalue weighted by Crippen LogP contribution is -2.38. The van der Waals surface area contributed by atoms with Crippen LogP contribution in [0.4, 0.5) is 0 Å². The fourth-order valence-electron chi connectivity index (χ4n) is 2.59. The molecule has 1 rings (SSSR count). The van der Waals surface area contributed by atoms with Gasteiger partial charge in [0.25, 0.3) is 0 Å². The zero-order chi connectivity index (χ0) is 12.0. The number of nitrogens with zero attached hydrogens (tertiary/aromatic N) is 1. The standard InChI is InChI=1S/C14H30N2/c1-5-7-9-16(10-8-6-2)13-11-14(3,4)15-12-13/h13,15H,5-12H2,1-4H3. The highest BCUT2D eigenvalue weighted by molar-refractivity contribution is 4.94. The maximum atomic E-state index is 3.64. The van der Waals surface area contributed by atoms with Gasteiger partial charge in [-0.1, -0.05) is 26.7 Å². The summed E-state index contributed by atoms with van der Waals surface area (Å²) in [6, 6.07) is 0.771. The third kappa shape index (κ3) is 4.42. The first-order valence-electron chi connectivity index (χ1n) is 7.08. The molecule has 1 unspecified atom stereocenters. The summed E-state index contributed by atoms with van der Waals surface area (Å²) < 4.78 is 0. The molecular weight excluding hydrogens is 196 g/mol. The fraction of sp³-hybridized carbons (Fsp3) is 1.00. The predicted molar refractivity (Wildman–Crippen MR) is 71.9 cm³/mol. The average molecular weight is 226 g/mol. The lowest BCUT2D eigenvalue weighted by atomic mass is 10.0. The van der Waals surface area contributed by atoms with Gasteiger partial charge >= 0.3 is 0 Å². The Labute approximate surface area is 102 Å². The van der Waals surface area contributed by atoms with E-state index in [0.29, 0.717) is 5.54 Å². The third-order valence-electron chi connectivity index (χ3n) is 3.68. The van der Waals surface area contributed by atoms with Gasteiger partial charge in [0, 0.05) is 18.1 Å². The number of hydrogen-bond donors (Lipinski definition) is 1. The third-order valence-corrected chi connectivity index (χ3v) is 3.68. The van der Waals surface area contributed by atoms with Crippen molar-refractivity contribution >= 4 is 0 Å². The van der Waals surface area contributed by atoms with E-state index in [9.17, 15) is 0 Å². The highest BCUT2D eigenvalue weighted by Crippen LogP contribution is 2.22. The van der Waals surface area contributed by atoms with E-state index in [-0.39, 0.29) is 0 Å². The van der Waals surface area contributed by atoms with Crippen molar-refractivity contribution in [3.05, 3.63) is 0 Å². The topological polar surface area (TPSA) is 15.3 Å². The van der Waals surface area contributed by atoms with E-state index in [1.165, 1.54) is 51.7 Å². The van der Waals surface area contributed by atoms with Crippen molar-refractivity contribution in [2.45, 2.75) is 71.4 Å². The van der Waals surface area contributed by atoms with Crippen LogP contribution in [0, 0.1) is 0 Å². The summed E-state index contributed by atoms with van der Waals surface area (Å²) in [6.07, 6.45) is 6.63. The summed E-state index contributed by atoms with van der Waals surface area (Å²) in [6.45, 7) is 13.0.